The Balaban J connectivity index is 1.36. The van der Waals surface area contributed by atoms with Crippen LogP contribution in [0.15, 0.2) is 60.8 Å². The first kappa shape index (κ1) is 21.0. The third-order valence-corrected chi connectivity index (χ3v) is 6.48. The lowest BCUT2D eigenvalue weighted by Gasteiger charge is -2.25. The highest BCUT2D eigenvalue weighted by Gasteiger charge is 2.15. The van der Waals surface area contributed by atoms with Gasteiger partial charge in [-0.2, -0.15) is 0 Å². The molecule has 4 aromatic rings. The predicted molar refractivity (Wildman–Crippen MR) is 128 cm³/mol. The van der Waals surface area contributed by atoms with Crippen molar-refractivity contribution in [2.75, 3.05) is 31.6 Å². The molecule has 0 saturated carbocycles. The van der Waals surface area contributed by atoms with Crippen LogP contribution in [0, 0.1) is 0 Å². The van der Waals surface area contributed by atoms with Gasteiger partial charge in [0.1, 0.15) is 5.69 Å². The molecule has 1 saturated heterocycles. The van der Waals surface area contributed by atoms with E-state index in [1.807, 2.05) is 54.7 Å². The number of hydrogen-bond acceptors (Lipinski definition) is 6. The fourth-order valence-electron chi connectivity index (χ4n) is 3.74. The number of nitrogens with one attached hydrogen (secondary N) is 1. The van der Waals surface area contributed by atoms with Crippen LogP contribution >= 0.6 is 22.9 Å². The fraction of sp³-hybridized carbons (Fsp3) is 0.208. The Bertz CT molecular complexity index is 1270. The lowest BCUT2D eigenvalue weighted by Crippen LogP contribution is -2.35. The number of carbonyl (C=O) groups excluding carboxylic acids is 1. The summed E-state index contributed by atoms with van der Waals surface area (Å²) in [5.74, 6) is -0.278. The van der Waals surface area contributed by atoms with Crippen molar-refractivity contribution in [3.63, 3.8) is 0 Å². The maximum absolute atomic E-state index is 12.9. The highest BCUT2D eigenvalue weighted by molar-refractivity contribution is 7.15. The molecule has 1 aliphatic heterocycles. The number of aromatic nitrogens is 2. The van der Waals surface area contributed by atoms with E-state index in [9.17, 15) is 4.79 Å². The van der Waals surface area contributed by atoms with Gasteiger partial charge in [0.2, 0.25) is 0 Å². The second-order valence-electron chi connectivity index (χ2n) is 7.56. The number of anilines is 1. The number of ether oxygens (including phenoxy) is 1. The fourth-order valence-corrected chi connectivity index (χ4v) is 4.78. The van der Waals surface area contributed by atoms with Crippen LogP contribution in [-0.4, -0.2) is 47.1 Å². The van der Waals surface area contributed by atoms with Crippen molar-refractivity contribution in [2.45, 2.75) is 6.54 Å². The molecule has 6 nitrogen and oxygen atoms in total. The number of morpholine rings is 1. The van der Waals surface area contributed by atoms with Gasteiger partial charge in [-0.15, -0.1) is 11.3 Å². The Morgan fingerprint density at radius 2 is 1.97 bits per heavy atom. The summed E-state index contributed by atoms with van der Waals surface area (Å²) in [6.07, 6.45) is 1.82. The van der Waals surface area contributed by atoms with E-state index in [0.29, 0.717) is 15.8 Å². The average molecular weight is 465 g/mol. The Kier molecular flexibility index (Phi) is 6.14. The number of benzene rings is 2. The van der Waals surface area contributed by atoms with Crippen molar-refractivity contribution >= 4 is 44.9 Å². The van der Waals surface area contributed by atoms with Gasteiger partial charge in [-0.1, -0.05) is 48.0 Å². The first-order valence-corrected chi connectivity index (χ1v) is 11.6. The van der Waals surface area contributed by atoms with E-state index >= 15 is 0 Å². The maximum atomic E-state index is 12.9. The van der Waals surface area contributed by atoms with Gasteiger partial charge in [-0.3, -0.25) is 15.0 Å². The molecule has 8 heteroatoms. The Labute approximate surface area is 194 Å². The molecular formula is C24H21ClN4O2S. The van der Waals surface area contributed by atoms with Crippen LogP contribution in [0.5, 0.6) is 0 Å². The predicted octanol–water partition coefficient (Wildman–Crippen LogP) is 5.10. The molecule has 0 bridgehead atoms. The smallest absolute Gasteiger partial charge is 0.276 e. The zero-order valence-electron chi connectivity index (χ0n) is 17.3. The number of halogens is 1. The minimum atomic E-state index is -0.278. The lowest BCUT2D eigenvalue weighted by atomic mass is 10.0. The number of thiazole rings is 1. The van der Waals surface area contributed by atoms with Gasteiger partial charge < -0.3 is 4.74 Å². The van der Waals surface area contributed by atoms with Crippen LogP contribution in [0.4, 0.5) is 5.13 Å². The van der Waals surface area contributed by atoms with E-state index in [2.05, 4.69) is 20.2 Å². The number of hydrogen-bond donors (Lipinski definition) is 1. The van der Waals surface area contributed by atoms with Crippen molar-refractivity contribution in [1.82, 2.24) is 14.9 Å². The number of fused-ring (bicyclic) bond motifs is 1. The average Bonchev–Trinajstić information content (AvgIpc) is 3.25. The van der Waals surface area contributed by atoms with Crippen molar-refractivity contribution in [2.24, 2.45) is 0 Å². The first-order valence-electron chi connectivity index (χ1n) is 10.4. The van der Waals surface area contributed by atoms with Crippen molar-refractivity contribution in [1.29, 1.82) is 0 Å². The first-order chi connectivity index (χ1) is 15.7. The molecule has 1 fully saturated rings. The van der Waals surface area contributed by atoms with Gasteiger partial charge in [0.05, 0.1) is 18.7 Å². The highest BCUT2D eigenvalue weighted by atomic mass is 35.5. The van der Waals surface area contributed by atoms with Gasteiger partial charge >= 0.3 is 0 Å². The SMILES string of the molecule is O=C(Nc1ncc(CN2CCOCC2)s1)c1ccc2cccc(-c3cccc(Cl)c3)c2n1. The summed E-state index contributed by atoms with van der Waals surface area (Å²) in [7, 11) is 0. The number of carbonyl (C=O) groups is 1. The minimum absolute atomic E-state index is 0.278. The number of para-hydroxylation sites is 1. The molecule has 3 heterocycles. The molecule has 0 spiro atoms. The third kappa shape index (κ3) is 4.66. The summed E-state index contributed by atoms with van der Waals surface area (Å²) in [4.78, 5) is 25.4. The van der Waals surface area contributed by atoms with E-state index in [4.69, 9.17) is 16.3 Å². The van der Waals surface area contributed by atoms with Crippen LogP contribution in [0.2, 0.25) is 5.02 Å². The zero-order chi connectivity index (χ0) is 21.9. The monoisotopic (exact) mass is 464 g/mol. The normalized spacial score (nSPS) is 14.5. The van der Waals surface area contributed by atoms with Gasteiger partial charge in [0.15, 0.2) is 5.13 Å². The molecule has 0 unspecified atom stereocenters. The topological polar surface area (TPSA) is 67.4 Å². The lowest BCUT2D eigenvalue weighted by molar-refractivity contribution is 0.0346. The third-order valence-electron chi connectivity index (χ3n) is 5.35. The Morgan fingerprint density at radius 3 is 2.81 bits per heavy atom. The molecule has 1 N–H and O–H groups in total. The van der Waals surface area contributed by atoms with E-state index in [-0.39, 0.29) is 5.91 Å². The second-order valence-corrected chi connectivity index (χ2v) is 9.11. The summed E-state index contributed by atoms with van der Waals surface area (Å²) in [6, 6.07) is 17.2. The largest absolute Gasteiger partial charge is 0.379 e. The summed E-state index contributed by atoms with van der Waals surface area (Å²) in [5, 5.41) is 5.08. The summed E-state index contributed by atoms with van der Waals surface area (Å²) in [5.41, 5.74) is 2.99. The van der Waals surface area contributed by atoms with E-state index in [1.54, 1.807) is 6.07 Å². The van der Waals surface area contributed by atoms with Crippen molar-refractivity contribution in [3.8, 4) is 11.1 Å². The van der Waals surface area contributed by atoms with Crippen LogP contribution in [0.3, 0.4) is 0 Å². The molecule has 1 amide bonds. The van der Waals surface area contributed by atoms with Crippen LogP contribution in [0.1, 0.15) is 15.4 Å². The number of amides is 1. The van der Waals surface area contributed by atoms with Crippen molar-refractivity contribution in [3.05, 3.63) is 76.4 Å². The van der Waals surface area contributed by atoms with Gasteiger partial charge in [-0.25, -0.2) is 9.97 Å². The molecule has 0 radical (unpaired) electrons. The van der Waals surface area contributed by atoms with E-state index in [1.165, 1.54) is 11.3 Å². The molecule has 1 aliphatic rings. The Morgan fingerprint density at radius 1 is 1.12 bits per heavy atom. The summed E-state index contributed by atoms with van der Waals surface area (Å²) in [6.45, 7) is 4.15. The van der Waals surface area contributed by atoms with E-state index < -0.39 is 0 Å². The van der Waals surface area contributed by atoms with Crippen LogP contribution in [-0.2, 0) is 11.3 Å². The van der Waals surface area contributed by atoms with Gasteiger partial charge in [0, 0.05) is 46.7 Å². The molecular weight excluding hydrogens is 444 g/mol. The molecule has 32 heavy (non-hydrogen) atoms. The molecule has 162 valence electrons. The molecule has 5 rings (SSSR count). The van der Waals surface area contributed by atoms with Gasteiger partial charge in [-0.05, 0) is 23.8 Å². The molecule has 2 aromatic carbocycles. The zero-order valence-corrected chi connectivity index (χ0v) is 18.8. The van der Waals surface area contributed by atoms with Gasteiger partial charge in [0.25, 0.3) is 5.91 Å². The number of nitrogens with zero attached hydrogens (tertiary/aromatic N) is 3. The number of rotatable bonds is 5. The van der Waals surface area contributed by atoms with Crippen LogP contribution < -0.4 is 5.32 Å². The standard InChI is InChI=1S/C24H21ClN4O2S/c25-18-5-1-4-17(13-18)20-6-2-3-16-7-8-21(27-22(16)20)23(30)28-24-26-14-19(32-24)15-29-9-11-31-12-10-29/h1-8,13-14H,9-12,15H2,(H,26,28,30). The minimum Gasteiger partial charge on any atom is -0.379 e. The number of pyridine rings is 1. The Hall–Kier alpha value is -2.84. The maximum Gasteiger partial charge on any atom is 0.276 e. The molecule has 0 aliphatic carbocycles. The second kappa shape index (κ2) is 9.34. The highest BCUT2D eigenvalue weighted by Crippen LogP contribution is 2.29. The molecule has 0 atom stereocenters. The molecule has 2 aromatic heterocycles. The van der Waals surface area contributed by atoms with E-state index in [0.717, 1.165) is 59.8 Å². The van der Waals surface area contributed by atoms with Crippen molar-refractivity contribution < 1.29 is 9.53 Å². The summed E-state index contributed by atoms with van der Waals surface area (Å²) >= 11 is 7.67. The van der Waals surface area contributed by atoms with Crippen LogP contribution in [0.25, 0.3) is 22.0 Å². The quantitative estimate of drug-likeness (QED) is 0.445. The summed E-state index contributed by atoms with van der Waals surface area (Å²) < 4.78 is 5.39.